The summed E-state index contributed by atoms with van der Waals surface area (Å²) in [5.74, 6) is -0.858. The van der Waals surface area contributed by atoms with E-state index in [-0.39, 0.29) is 17.3 Å². The molecule has 1 aromatic heterocycles. The fourth-order valence-electron chi connectivity index (χ4n) is 7.30. The molecule has 0 saturated heterocycles. The summed E-state index contributed by atoms with van der Waals surface area (Å²) in [7, 11) is 0. The van der Waals surface area contributed by atoms with E-state index in [0.717, 1.165) is 47.1 Å². The average Bonchev–Trinajstić information content (AvgIpc) is 3.33. The number of hydrogen-bond acceptors (Lipinski definition) is 2. The molecule has 36 heavy (non-hydrogen) atoms. The van der Waals surface area contributed by atoms with Gasteiger partial charge >= 0.3 is 5.97 Å². The van der Waals surface area contributed by atoms with Gasteiger partial charge in [0.25, 0.3) is 0 Å². The molecule has 3 aromatic rings. The maximum absolute atomic E-state index is 15.6. The predicted octanol–water partition coefficient (Wildman–Crippen LogP) is 7.00. The number of amides is 1. The van der Waals surface area contributed by atoms with Gasteiger partial charge in [0.1, 0.15) is 5.82 Å². The zero-order chi connectivity index (χ0) is 25.2. The number of rotatable bonds is 4. The first-order valence-electron chi connectivity index (χ1n) is 13.5. The number of nitrogens with zero attached hydrogens (tertiary/aromatic N) is 2. The van der Waals surface area contributed by atoms with Crippen LogP contribution in [0.5, 0.6) is 0 Å². The molecule has 2 aromatic carbocycles. The predicted molar refractivity (Wildman–Crippen MR) is 139 cm³/mol. The van der Waals surface area contributed by atoms with E-state index in [4.69, 9.17) is 0 Å². The molecule has 1 aliphatic carbocycles. The normalized spacial score (nSPS) is 19.2. The van der Waals surface area contributed by atoms with Crippen LogP contribution in [0.25, 0.3) is 22.2 Å². The Morgan fingerprint density at radius 3 is 2.50 bits per heavy atom. The third kappa shape index (κ3) is 3.06. The number of aromatic nitrogens is 1. The first kappa shape index (κ1) is 23.3. The van der Waals surface area contributed by atoms with E-state index < -0.39 is 11.4 Å². The highest BCUT2D eigenvalue weighted by Gasteiger charge is 2.51. The number of carboxylic acids is 1. The maximum Gasteiger partial charge on any atom is 0.335 e. The molecule has 0 bridgehead atoms. The number of carbonyl (C=O) groups excluding carboxylic acids is 1. The van der Waals surface area contributed by atoms with Crippen molar-refractivity contribution in [3.05, 3.63) is 52.8 Å². The van der Waals surface area contributed by atoms with E-state index >= 15 is 4.39 Å². The van der Waals surface area contributed by atoms with Gasteiger partial charge in [0.05, 0.1) is 22.4 Å². The molecule has 0 atom stereocenters. The molecule has 188 valence electrons. The third-order valence-corrected chi connectivity index (χ3v) is 9.12. The lowest BCUT2D eigenvalue weighted by Crippen LogP contribution is -2.40. The number of hydrogen-bond donors (Lipinski definition) is 1. The SMILES string of the molecule is CCC1(CC)C(=O)N2CCCn3c(c(C4CCCCC4)c4ccc(C(=O)O)cc43)-c3ccc(F)c1c32. The Morgan fingerprint density at radius 2 is 1.81 bits per heavy atom. The zero-order valence-corrected chi connectivity index (χ0v) is 21.1. The molecule has 5 nitrogen and oxygen atoms in total. The van der Waals surface area contributed by atoms with Gasteiger partial charge in [-0.1, -0.05) is 39.2 Å². The molecule has 1 fully saturated rings. The Bertz CT molecular complexity index is 1400. The van der Waals surface area contributed by atoms with E-state index in [1.165, 1.54) is 24.8 Å². The zero-order valence-electron chi connectivity index (χ0n) is 21.1. The van der Waals surface area contributed by atoms with Gasteiger partial charge in [-0.15, -0.1) is 0 Å². The Labute approximate surface area is 210 Å². The highest BCUT2D eigenvalue weighted by molar-refractivity contribution is 6.12. The summed E-state index contributed by atoms with van der Waals surface area (Å²) >= 11 is 0. The monoisotopic (exact) mass is 488 g/mol. The van der Waals surface area contributed by atoms with Crippen LogP contribution in [0, 0.1) is 5.82 Å². The van der Waals surface area contributed by atoms with E-state index in [1.54, 1.807) is 18.2 Å². The second-order valence-corrected chi connectivity index (χ2v) is 10.7. The summed E-state index contributed by atoms with van der Waals surface area (Å²) in [4.78, 5) is 27.6. The van der Waals surface area contributed by atoms with Crippen molar-refractivity contribution in [3.63, 3.8) is 0 Å². The van der Waals surface area contributed by atoms with E-state index in [0.29, 0.717) is 37.4 Å². The molecule has 2 aliphatic heterocycles. The lowest BCUT2D eigenvalue weighted by Gasteiger charge is -2.28. The van der Waals surface area contributed by atoms with Crippen molar-refractivity contribution in [1.82, 2.24) is 4.57 Å². The van der Waals surface area contributed by atoms with Crippen LogP contribution >= 0.6 is 0 Å². The van der Waals surface area contributed by atoms with Gasteiger partial charge in [-0.2, -0.15) is 0 Å². The van der Waals surface area contributed by atoms with Gasteiger partial charge in [-0.3, -0.25) is 4.79 Å². The third-order valence-electron chi connectivity index (χ3n) is 9.12. The lowest BCUT2D eigenvalue weighted by atomic mass is 9.75. The van der Waals surface area contributed by atoms with E-state index in [2.05, 4.69) is 4.57 Å². The van der Waals surface area contributed by atoms with Crippen LogP contribution in [0.2, 0.25) is 0 Å². The maximum atomic E-state index is 15.6. The van der Waals surface area contributed by atoms with E-state index in [1.807, 2.05) is 30.9 Å². The van der Waals surface area contributed by atoms with Crippen molar-refractivity contribution < 1.29 is 19.1 Å². The van der Waals surface area contributed by atoms with Gasteiger partial charge in [-0.25, -0.2) is 9.18 Å². The average molecular weight is 489 g/mol. The molecule has 0 unspecified atom stereocenters. The van der Waals surface area contributed by atoms with Gasteiger partial charge in [0, 0.05) is 35.1 Å². The number of fused-ring (bicyclic) bond motifs is 4. The highest BCUT2D eigenvalue weighted by atomic mass is 19.1. The fourth-order valence-corrected chi connectivity index (χ4v) is 7.30. The smallest absolute Gasteiger partial charge is 0.335 e. The molecule has 1 N–H and O–H groups in total. The van der Waals surface area contributed by atoms with Gasteiger partial charge in [0.15, 0.2) is 0 Å². The second-order valence-electron chi connectivity index (χ2n) is 10.7. The molecular weight excluding hydrogens is 455 g/mol. The first-order valence-corrected chi connectivity index (χ1v) is 13.5. The molecule has 3 heterocycles. The van der Waals surface area contributed by atoms with Gasteiger partial charge in [0.2, 0.25) is 5.91 Å². The summed E-state index contributed by atoms with van der Waals surface area (Å²) in [6, 6.07) is 8.87. The van der Waals surface area contributed by atoms with Crippen LogP contribution in [0.1, 0.15) is 92.6 Å². The molecule has 0 spiro atoms. The van der Waals surface area contributed by atoms with Crippen LogP contribution in [-0.4, -0.2) is 28.1 Å². The molecule has 1 amide bonds. The summed E-state index contributed by atoms with van der Waals surface area (Å²) < 4.78 is 17.9. The Hall–Kier alpha value is -3.15. The second kappa shape index (κ2) is 8.46. The Morgan fingerprint density at radius 1 is 1.06 bits per heavy atom. The van der Waals surface area contributed by atoms with Gasteiger partial charge in [-0.05, 0) is 67.9 Å². The van der Waals surface area contributed by atoms with Crippen LogP contribution in [0.3, 0.4) is 0 Å². The van der Waals surface area contributed by atoms with Crippen LogP contribution in [0.4, 0.5) is 10.1 Å². The van der Waals surface area contributed by atoms with Crippen LogP contribution < -0.4 is 4.90 Å². The molecule has 6 heteroatoms. The van der Waals surface area contributed by atoms with Crippen molar-refractivity contribution in [2.75, 3.05) is 11.4 Å². The number of halogens is 1. The van der Waals surface area contributed by atoms with Gasteiger partial charge < -0.3 is 14.6 Å². The van der Waals surface area contributed by atoms with Crippen LogP contribution in [0.15, 0.2) is 30.3 Å². The summed E-state index contributed by atoms with van der Waals surface area (Å²) in [5, 5.41) is 10.8. The van der Waals surface area contributed by atoms with Crippen molar-refractivity contribution in [2.24, 2.45) is 0 Å². The topological polar surface area (TPSA) is 62.5 Å². The first-order chi connectivity index (χ1) is 17.4. The molecule has 6 rings (SSSR count). The highest BCUT2D eigenvalue weighted by Crippen LogP contribution is 2.54. The van der Waals surface area contributed by atoms with Crippen molar-refractivity contribution >= 4 is 28.5 Å². The number of carbonyl (C=O) groups is 2. The van der Waals surface area contributed by atoms with Crippen molar-refractivity contribution in [3.8, 4) is 11.3 Å². The minimum Gasteiger partial charge on any atom is -0.478 e. The summed E-state index contributed by atoms with van der Waals surface area (Å²) in [6.45, 7) is 5.18. The number of carboxylic acid groups (broad SMARTS) is 1. The van der Waals surface area contributed by atoms with Crippen LogP contribution in [-0.2, 0) is 16.8 Å². The van der Waals surface area contributed by atoms with Crippen molar-refractivity contribution in [1.29, 1.82) is 0 Å². The number of aryl methyl sites for hydroxylation is 1. The fraction of sp³-hybridized carbons (Fsp3) is 0.467. The quantitative estimate of drug-likeness (QED) is 0.430. The minimum atomic E-state index is -0.937. The van der Waals surface area contributed by atoms with Crippen molar-refractivity contribution in [2.45, 2.75) is 83.1 Å². The molecule has 0 radical (unpaired) electrons. The molecule has 3 aliphatic rings. The number of anilines is 1. The minimum absolute atomic E-state index is 0.0193. The number of benzene rings is 2. The summed E-state index contributed by atoms with van der Waals surface area (Å²) in [6.07, 6.45) is 7.61. The molecule has 1 saturated carbocycles. The number of aromatic carboxylic acids is 1. The largest absolute Gasteiger partial charge is 0.478 e. The molecular formula is C30H33FN2O3. The Balaban J connectivity index is 1.72. The Kier molecular flexibility index (Phi) is 5.47. The summed E-state index contributed by atoms with van der Waals surface area (Å²) in [5.41, 5.74) is 4.87. The standard InChI is InChI=1S/C30H33FN2O3/c1-3-30(4-2)25-22(31)14-13-21-26-24(18-9-6-5-7-10-18)20-12-11-19(28(34)35)17-23(20)32(26)15-8-16-33(27(21)25)29(30)36/h11-14,17-18H,3-10,15-16H2,1-2H3,(H,34,35). The lowest BCUT2D eigenvalue weighted by molar-refractivity contribution is -0.123. The van der Waals surface area contributed by atoms with E-state index in [9.17, 15) is 14.7 Å².